The summed E-state index contributed by atoms with van der Waals surface area (Å²) in [6, 6.07) is 8.35. The molecule has 1 aromatic carbocycles. The maximum atomic E-state index is 6.49. The number of nitrogens with one attached hydrogen (secondary N) is 2. The lowest BCUT2D eigenvalue weighted by Gasteiger charge is -2.27. The second-order valence-electron chi connectivity index (χ2n) is 7.91. The number of aryl methyl sites for hydroxylation is 2. The van der Waals surface area contributed by atoms with Crippen LogP contribution in [-0.2, 0) is 4.74 Å². The first-order chi connectivity index (χ1) is 14.4. The Morgan fingerprint density at radius 3 is 2.57 bits per heavy atom. The molecular formula is C22H27Cl2N5O. The van der Waals surface area contributed by atoms with Crippen LogP contribution in [0.1, 0.15) is 31.2 Å². The van der Waals surface area contributed by atoms with Gasteiger partial charge in [0.15, 0.2) is 5.65 Å². The number of anilines is 1. The summed E-state index contributed by atoms with van der Waals surface area (Å²) in [6.07, 6.45) is 2.12. The first kappa shape index (κ1) is 21.4. The van der Waals surface area contributed by atoms with E-state index in [2.05, 4.69) is 17.6 Å². The zero-order valence-corrected chi connectivity index (χ0v) is 19.0. The molecule has 0 amide bonds. The second-order valence-corrected chi connectivity index (χ2v) is 8.72. The van der Waals surface area contributed by atoms with Gasteiger partial charge in [0.2, 0.25) is 0 Å². The number of rotatable bonds is 6. The van der Waals surface area contributed by atoms with Crippen molar-refractivity contribution in [1.82, 2.24) is 19.9 Å². The average Bonchev–Trinajstić information content (AvgIpc) is 3.03. The molecule has 0 radical (unpaired) electrons. The Bertz CT molecular complexity index is 1030. The monoisotopic (exact) mass is 447 g/mol. The van der Waals surface area contributed by atoms with Crippen molar-refractivity contribution in [3.8, 4) is 11.1 Å². The number of ether oxygens (including phenoxy) is 1. The third-order valence-electron chi connectivity index (χ3n) is 5.44. The summed E-state index contributed by atoms with van der Waals surface area (Å²) in [7, 11) is 0. The van der Waals surface area contributed by atoms with E-state index in [0.717, 1.165) is 66.6 Å². The van der Waals surface area contributed by atoms with Crippen molar-refractivity contribution in [2.24, 2.45) is 0 Å². The third-order valence-corrected chi connectivity index (χ3v) is 6.07. The zero-order valence-electron chi connectivity index (χ0n) is 17.5. The van der Waals surface area contributed by atoms with E-state index in [1.165, 1.54) is 0 Å². The highest BCUT2D eigenvalue weighted by Crippen LogP contribution is 2.38. The second kappa shape index (κ2) is 9.10. The highest BCUT2D eigenvalue weighted by atomic mass is 35.5. The molecule has 0 aliphatic carbocycles. The van der Waals surface area contributed by atoms with Gasteiger partial charge < -0.3 is 15.4 Å². The first-order valence-electron chi connectivity index (χ1n) is 10.3. The van der Waals surface area contributed by atoms with Crippen LogP contribution in [0.25, 0.3) is 16.8 Å². The number of benzene rings is 1. The molecule has 1 aliphatic heterocycles. The van der Waals surface area contributed by atoms with Crippen molar-refractivity contribution in [2.75, 3.05) is 25.1 Å². The number of halogens is 2. The van der Waals surface area contributed by atoms with Crippen LogP contribution in [0.3, 0.4) is 0 Å². The molecule has 0 spiro atoms. The van der Waals surface area contributed by atoms with Crippen molar-refractivity contribution in [3.05, 3.63) is 45.7 Å². The van der Waals surface area contributed by atoms with Crippen LogP contribution in [0.5, 0.6) is 0 Å². The Labute approximate surface area is 186 Å². The number of aromatic nitrogens is 3. The van der Waals surface area contributed by atoms with Gasteiger partial charge in [0, 0.05) is 49.2 Å². The fourth-order valence-electron chi connectivity index (χ4n) is 3.98. The van der Waals surface area contributed by atoms with E-state index >= 15 is 0 Å². The molecule has 0 saturated carbocycles. The molecule has 2 N–H and O–H groups in total. The summed E-state index contributed by atoms with van der Waals surface area (Å²) in [4.78, 5) is 4.75. The van der Waals surface area contributed by atoms with Gasteiger partial charge in [-0.15, -0.1) is 0 Å². The number of fused-ring (bicyclic) bond motifs is 1. The Morgan fingerprint density at radius 1 is 1.17 bits per heavy atom. The van der Waals surface area contributed by atoms with E-state index in [4.69, 9.17) is 38.0 Å². The molecule has 30 heavy (non-hydrogen) atoms. The Morgan fingerprint density at radius 2 is 1.87 bits per heavy atom. The zero-order chi connectivity index (χ0) is 21.3. The molecule has 1 aliphatic rings. The van der Waals surface area contributed by atoms with Gasteiger partial charge in [-0.2, -0.15) is 9.61 Å². The maximum absolute atomic E-state index is 6.49. The topological polar surface area (TPSA) is 63.5 Å². The van der Waals surface area contributed by atoms with Crippen LogP contribution in [0.2, 0.25) is 10.0 Å². The van der Waals surface area contributed by atoms with Crippen LogP contribution in [0, 0.1) is 13.8 Å². The van der Waals surface area contributed by atoms with E-state index in [-0.39, 0.29) is 0 Å². The Balaban J connectivity index is 1.62. The third kappa shape index (κ3) is 4.42. The molecular weight excluding hydrogens is 421 g/mol. The lowest BCUT2D eigenvalue weighted by molar-refractivity contribution is 0.0758. The van der Waals surface area contributed by atoms with Gasteiger partial charge in [0.1, 0.15) is 5.82 Å². The van der Waals surface area contributed by atoms with E-state index in [1.54, 1.807) is 0 Å². The van der Waals surface area contributed by atoms with Crippen LogP contribution in [-0.4, -0.2) is 46.4 Å². The molecule has 160 valence electrons. The van der Waals surface area contributed by atoms with Crippen molar-refractivity contribution >= 4 is 34.7 Å². The minimum absolute atomic E-state index is 0.311. The quantitative estimate of drug-likeness (QED) is 0.562. The normalized spacial score (nSPS) is 16.2. The lowest BCUT2D eigenvalue weighted by Crippen LogP contribution is -2.43. The van der Waals surface area contributed by atoms with E-state index in [9.17, 15) is 0 Å². The van der Waals surface area contributed by atoms with Gasteiger partial charge in [-0.3, -0.25) is 0 Å². The first-order valence-corrected chi connectivity index (χ1v) is 11.1. The molecule has 1 atom stereocenters. The fraction of sp³-hybridized carbons (Fsp3) is 0.455. The molecule has 2 aromatic heterocycles. The van der Waals surface area contributed by atoms with Crippen LogP contribution < -0.4 is 10.6 Å². The summed E-state index contributed by atoms with van der Waals surface area (Å²) in [5.41, 5.74) is 4.12. The van der Waals surface area contributed by atoms with Crippen molar-refractivity contribution in [1.29, 1.82) is 0 Å². The predicted octanol–water partition coefficient (Wildman–Crippen LogP) is 4.89. The summed E-state index contributed by atoms with van der Waals surface area (Å²) in [5, 5.41) is 13.2. The summed E-state index contributed by atoms with van der Waals surface area (Å²) >= 11 is 13.0. The largest absolute Gasteiger partial charge is 0.381 e. The molecule has 6 nitrogen and oxygen atoms in total. The molecule has 1 unspecified atom stereocenters. The van der Waals surface area contributed by atoms with Gasteiger partial charge >= 0.3 is 0 Å². The van der Waals surface area contributed by atoms with Crippen molar-refractivity contribution < 1.29 is 4.74 Å². The molecule has 4 rings (SSSR count). The minimum Gasteiger partial charge on any atom is -0.381 e. The van der Waals surface area contributed by atoms with Gasteiger partial charge in [-0.05, 0) is 45.7 Å². The van der Waals surface area contributed by atoms with Crippen LogP contribution in [0.4, 0.5) is 5.82 Å². The van der Waals surface area contributed by atoms with Gasteiger partial charge in [-0.1, -0.05) is 29.3 Å². The minimum atomic E-state index is 0.311. The Kier molecular flexibility index (Phi) is 6.48. The maximum Gasteiger partial charge on any atom is 0.165 e. The summed E-state index contributed by atoms with van der Waals surface area (Å²) in [6.45, 7) is 8.57. The molecule has 3 aromatic rings. The van der Waals surface area contributed by atoms with Crippen LogP contribution >= 0.6 is 23.2 Å². The number of hydrogen-bond acceptors (Lipinski definition) is 5. The molecule has 8 heteroatoms. The Hall–Kier alpha value is -1.86. The standard InChI is InChI=1S/C22H27Cl2N5O/c1-13-11-19(25-12-14(2)26-16-7-9-30-10-8-16)29-22(27-13)20(15(3)28-29)21-17(23)5-4-6-18(21)24/h4-6,11,14,16,25-26H,7-10,12H2,1-3H3. The molecule has 1 saturated heterocycles. The smallest absolute Gasteiger partial charge is 0.165 e. The fourth-order valence-corrected chi connectivity index (χ4v) is 4.57. The summed E-state index contributed by atoms with van der Waals surface area (Å²) < 4.78 is 7.29. The number of hydrogen-bond donors (Lipinski definition) is 2. The molecule has 3 heterocycles. The van der Waals surface area contributed by atoms with Crippen molar-refractivity contribution in [2.45, 2.75) is 45.7 Å². The highest BCUT2D eigenvalue weighted by molar-refractivity contribution is 6.39. The van der Waals surface area contributed by atoms with Crippen molar-refractivity contribution in [3.63, 3.8) is 0 Å². The number of nitrogens with zero attached hydrogens (tertiary/aromatic N) is 3. The average molecular weight is 448 g/mol. The lowest BCUT2D eigenvalue weighted by atomic mass is 10.1. The van der Waals surface area contributed by atoms with E-state index < -0.39 is 0 Å². The van der Waals surface area contributed by atoms with Gasteiger partial charge in [0.05, 0.1) is 21.3 Å². The van der Waals surface area contributed by atoms with E-state index in [0.29, 0.717) is 22.1 Å². The summed E-state index contributed by atoms with van der Waals surface area (Å²) in [5.74, 6) is 0.899. The van der Waals surface area contributed by atoms with Gasteiger partial charge in [-0.25, -0.2) is 4.98 Å². The van der Waals surface area contributed by atoms with Crippen LogP contribution in [0.15, 0.2) is 24.3 Å². The van der Waals surface area contributed by atoms with Gasteiger partial charge in [0.25, 0.3) is 0 Å². The SMILES string of the molecule is Cc1cc(NCC(C)NC2CCOCC2)n2nc(C)c(-c3c(Cl)cccc3Cl)c2n1. The predicted molar refractivity (Wildman–Crippen MR) is 123 cm³/mol. The van der Waals surface area contributed by atoms with E-state index in [1.807, 2.05) is 42.6 Å². The molecule has 0 bridgehead atoms. The highest BCUT2D eigenvalue weighted by Gasteiger charge is 2.21. The molecule has 1 fully saturated rings.